The maximum atomic E-state index is 11.3. The predicted octanol–water partition coefficient (Wildman–Crippen LogP) is 7.20. The first-order valence-corrected chi connectivity index (χ1v) is 11.9. The van der Waals surface area contributed by atoms with Gasteiger partial charge in [0.2, 0.25) is 0 Å². The molecular weight excluding hydrogens is 320 g/mol. The molecule has 3 aliphatic carbocycles. The fourth-order valence-electron chi connectivity index (χ4n) is 6.48. The van der Waals surface area contributed by atoms with Gasteiger partial charge < -0.3 is 4.74 Å². The van der Waals surface area contributed by atoms with E-state index in [-0.39, 0.29) is 12.1 Å². The Morgan fingerprint density at radius 3 is 2.08 bits per heavy atom. The summed E-state index contributed by atoms with van der Waals surface area (Å²) in [6, 6.07) is 0. The second kappa shape index (κ2) is 10.1. The van der Waals surface area contributed by atoms with Crippen molar-refractivity contribution < 1.29 is 9.53 Å². The third-order valence-electron chi connectivity index (χ3n) is 7.99. The standard InChI is InChI=1S/C24H42O2/c1-20(25)26-23-15-18-24(19-16-23,22-13-6-3-7-14-22)17-9-8-12-21-10-4-2-5-11-21/h21-23H,2-19H2,1H3. The molecule has 0 N–H and O–H groups in total. The lowest BCUT2D eigenvalue weighted by Gasteiger charge is -2.47. The molecule has 0 aliphatic heterocycles. The Morgan fingerprint density at radius 1 is 0.846 bits per heavy atom. The minimum Gasteiger partial charge on any atom is -0.463 e. The number of hydrogen-bond acceptors (Lipinski definition) is 2. The predicted molar refractivity (Wildman–Crippen MR) is 108 cm³/mol. The highest BCUT2D eigenvalue weighted by atomic mass is 16.5. The van der Waals surface area contributed by atoms with Gasteiger partial charge in [-0.05, 0) is 62.2 Å². The van der Waals surface area contributed by atoms with Gasteiger partial charge in [-0.3, -0.25) is 4.79 Å². The van der Waals surface area contributed by atoms with Crippen molar-refractivity contribution in [2.24, 2.45) is 17.3 Å². The Balaban J connectivity index is 1.49. The van der Waals surface area contributed by atoms with Crippen LogP contribution in [0.25, 0.3) is 0 Å². The van der Waals surface area contributed by atoms with Gasteiger partial charge >= 0.3 is 5.97 Å². The molecule has 0 heterocycles. The number of esters is 1. The van der Waals surface area contributed by atoms with E-state index in [4.69, 9.17) is 4.74 Å². The first-order chi connectivity index (χ1) is 12.7. The zero-order valence-electron chi connectivity index (χ0n) is 17.3. The van der Waals surface area contributed by atoms with E-state index in [1.54, 1.807) is 6.92 Å². The van der Waals surface area contributed by atoms with Crippen LogP contribution < -0.4 is 0 Å². The molecule has 0 aromatic heterocycles. The molecule has 3 aliphatic rings. The van der Waals surface area contributed by atoms with Crippen molar-refractivity contribution in [3.8, 4) is 0 Å². The van der Waals surface area contributed by atoms with Crippen LogP contribution in [-0.4, -0.2) is 12.1 Å². The van der Waals surface area contributed by atoms with Crippen LogP contribution >= 0.6 is 0 Å². The molecule has 3 fully saturated rings. The number of hydrogen-bond donors (Lipinski definition) is 0. The van der Waals surface area contributed by atoms with Gasteiger partial charge in [-0.2, -0.15) is 0 Å². The van der Waals surface area contributed by atoms with E-state index in [1.165, 1.54) is 103 Å². The number of ether oxygens (including phenoxy) is 1. The van der Waals surface area contributed by atoms with Gasteiger partial charge in [0.1, 0.15) is 6.10 Å². The van der Waals surface area contributed by atoms with Crippen LogP contribution in [0.5, 0.6) is 0 Å². The molecule has 0 bridgehead atoms. The average Bonchev–Trinajstić information content (AvgIpc) is 2.68. The average molecular weight is 363 g/mol. The summed E-state index contributed by atoms with van der Waals surface area (Å²) in [4.78, 5) is 11.3. The van der Waals surface area contributed by atoms with E-state index in [0.717, 1.165) is 24.7 Å². The van der Waals surface area contributed by atoms with Crippen molar-refractivity contribution in [3.63, 3.8) is 0 Å². The minimum absolute atomic E-state index is 0.0901. The molecule has 3 rings (SSSR count). The molecule has 0 spiro atoms. The Labute approximate surface area is 161 Å². The number of rotatable bonds is 7. The van der Waals surface area contributed by atoms with Crippen LogP contribution in [0.3, 0.4) is 0 Å². The Hall–Kier alpha value is -0.530. The van der Waals surface area contributed by atoms with Gasteiger partial charge in [-0.1, -0.05) is 70.6 Å². The maximum Gasteiger partial charge on any atom is 0.302 e. The number of carbonyl (C=O) groups is 1. The summed E-state index contributed by atoms with van der Waals surface area (Å²) in [7, 11) is 0. The highest BCUT2D eigenvalue weighted by molar-refractivity contribution is 5.66. The minimum atomic E-state index is -0.0901. The van der Waals surface area contributed by atoms with E-state index in [0.29, 0.717) is 5.41 Å². The maximum absolute atomic E-state index is 11.3. The molecule has 0 saturated heterocycles. The van der Waals surface area contributed by atoms with Crippen LogP contribution in [0.15, 0.2) is 0 Å². The summed E-state index contributed by atoms with van der Waals surface area (Å²) in [5, 5.41) is 0. The van der Waals surface area contributed by atoms with Crippen LogP contribution in [-0.2, 0) is 9.53 Å². The summed E-state index contributed by atoms with van der Waals surface area (Å²) in [5.74, 6) is 1.89. The first kappa shape index (κ1) is 20.2. The van der Waals surface area contributed by atoms with E-state index < -0.39 is 0 Å². The summed E-state index contributed by atoms with van der Waals surface area (Å²) < 4.78 is 5.54. The van der Waals surface area contributed by atoms with Gasteiger partial charge in [0.15, 0.2) is 0 Å². The molecule has 26 heavy (non-hydrogen) atoms. The quantitative estimate of drug-likeness (QED) is 0.353. The van der Waals surface area contributed by atoms with Crippen molar-refractivity contribution in [1.82, 2.24) is 0 Å². The van der Waals surface area contributed by atoms with E-state index in [9.17, 15) is 4.79 Å². The molecule has 0 radical (unpaired) electrons. The van der Waals surface area contributed by atoms with Crippen molar-refractivity contribution in [1.29, 1.82) is 0 Å². The molecule has 0 aromatic carbocycles. The van der Waals surface area contributed by atoms with Gasteiger partial charge in [-0.25, -0.2) is 0 Å². The van der Waals surface area contributed by atoms with Gasteiger partial charge in [0.25, 0.3) is 0 Å². The molecule has 2 heteroatoms. The lowest BCUT2D eigenvalue weighted by molar-refractivity contribution is -0.150. The zero-order chi connectivity index (χ0) is 18.2. The van der Waals surface area contributed by atoms with Gasteiger partial charge in [-0.15, -0.1) is 0 Å². The second-order valence-corrected chi connectivity index (χ2v) is 9.76. The monoisotopic (exact) mass is 362 g/mol. The Morgan fingerprint density at radius 2 is 1.46 bits per heavy atom. The molecule has 3 saturated carbocycles. The van der Waals surface area contributed by atoms with Crippen molar-refractivity contribution >= 4 is 5.97 Å². The van der Waals surface area contributed by atoms with Crippen LogP contribution in [0.4, 0.5) is 0 Å². The van der Waals surface area contributed by atoms with Gasteiger partial charge in [0.05, 0.1) is 0 Å². The Bertz CT molecular complexity index is 410. The summed E-state index contributed by atoms with van der Waals surface area (Å²) in [6.07, 6.45) is 25.5. The fraction of sp³-hybridized carbons (Fsp3) is 0.958. The van der Waals surface area contributed by atoms with Crippen molar-refractivity contribution in [2.75, 3.05) is 0 Å². The fourth-order valence-corrected chi connectivity index (χ4v) is 6.48. The van der Waals surface area contributed by atoms with E-state index in [2.05, 4.69) is 0 Å². The highest BCUT2D eigenvalue weighted by Crippen LogP contribution is 2.52. The Kier molecular flexibility index (Phi) is 7.88. The number of carbonyl (C=O) groups excluding carboxylic acids is 1. The SMILES string of the molecule is CC(=O)OC1CCC(CCCCC2CCCCC2)(C2CCCCC2)CC1. The molecule has 2 nitrogen and oxygen atoms in total. The topological polar surface area (TPSA) is 26.3 Å². The summed E-state index contributed by atoms with van der Waals surface area (Å²) in [5.41, 5.74) is 0.573. The second-order valence-electron chi connectivity index (χ2n) is 9.76. The summed E-state index contributed by atoms with van der Waals surface area (Å²) >= 11 is 0. The van der Waals surface area contributed by atoms with Crippen molar-refractivity contribution in [3.05, 3.63) is 0 Å². The number of unbranched alkanes of at least 4 members (excludes halogenated alkanes) is 1. The van der Waals surface area contributed by atoms with Crippen LogP contribution in [0, 0.1) is 17.3 Å². The molecule has 150 valence electrons. The molecule has 0 amide bonds. The third kappa shape index (κ3) is 5.73. The van der Waals surface area contributed by atoms with E-state index in [1.807, 2.05) is 0 Å². The lowest BCUT2D eigenvalue weighted by atomic mass is 9.59. The normalized spacial score (nSPS) is 31.7. The first-order valence-electron chi connectivity index (χ1n) is 11.9. The molecule has 0 aromatic rings. The largest absolute Gasteiger partial charge is 0.463 e. The lowest BCUT2D eigenvalue weighted by Crippen LogP contribution is -2.38. The van der Waals surface area contributed by atoms with Crippen LogP contribution in [0.2, 0.25) is 0 Å². The van der Waals surface area contributed by atoms with Crippen molar-refractivity contribution in [2.45, 2.75) is 129 Å². The van der Waals surface area contributed by atoms with E-state index >= 15 is 0 Å². The summed E-state index contributed by atoms with van der Waals surface area (Å²) in [6.45, 7) is 1.56. The smallest absolute Gasteiger partial charge is 0.302 e. The molecule has 0 unspecified atom stereocenters. The third-order valence-corrected chi connectivity index (χ3v) is 7.99. The van der Waals surface area contributed by atoms with Crippen LogP contribution in [0.1, 0.15) is 122 Å². The highest BCUT2D eigenvalue weighted by Gasteiger charge is 2.42. The zero-order valence-corrected chi connectivity index (χ0v) is 17.3. The van der Waals surface area contributed by atoms with Gasteiger partial charge in [0, 0.05) is 6.92 Å². The molecule has 0 atom stereocenters. The molecular formula is C24H42O2.